The van der Waals surface area contributed by atoms with Crippen LogP contribution in [0.5, 0.6) is 0 Å². The molecule has 0 N–H and O–H groups in total. The first-order valence-electron chi connectivity index (χ1n) is 9.20. The zero-order chi connectivity index (χ0) is 16.9. The molecule has 2 heterocycles. The second kappa shape index (κ2) is 7.97. The first kappa shape index (κ1) is 17.2. The number of carbonyl (C=O) groups excluding carboxylic acids is 1. The van der Waals surface area contributed by atoms with E-state index in [1.807, 2.05) is 21.9 Å². The minimum Gasteiger partial charge on any atom is -0.366 e. The predicted octanol–water partition coefficient (Wildman–Crippen LogP) is 2.74. The number of carbonyl (C=O) groups is 1. The number of anilines is 1. The van der Waals surface area contributed by atoms with Gasteiger partial charge < -0.3 is 9.80 Å². The molecule has 2 fully saturated rings. The molecule has 1 amide bonds. The van der Waals surface area contributed by atoms with Gasteiger partial charge in [0.1, 0.15) is 5.82 Å². The van der Waals surface area contributed by atoms with Crippen molar-refractivity contribution in [3.05, 3.63) is 30.1 Å². The minimum atomic E-state index is -0.184. The maximum absolute atomic E-state index is 13.9. The fraction of sp³-hybridized carbons (Fsp3) is 0.632. The molecule has 5 heteroatoms. The van der Waals surface area contributed by atoms with Crippen LogP contribution in [0.15, 0.2) is 24.3 Å². The third-order valence-electron chi connectivity index (χ3n) is 5.38. The van der Waals surface area contributed by atoms with Gasteiger partial charge in [-0.3, -0.25) is 9.69 Å². The maximum atomic E-state index is 13.9. The highest BCUT2D eigenvalue weighted by atomic mass is 19.1. The predicted molar refractivity (Wildman–Crippen MR) is 94.7 cm³/mol. The standard InChI is InChI=1S/C19H28FN3O/c1-2-16-7-5-6-10-23(16)15-19(24)22-13-11-21(12-14-22)18-9-4-3-8-17(18)20/h3-4,8-9,16H,2,5-7,10-15H2,1H3. The molecule has 4 nitrogen and oxygen atoms in total. The number of amides is 1. The highest BCUT2D eigenvalue weighted by Gasteiger charge is 2.27. The third kappa shape index (κ3) is 3.89. The molecular weight excluding hydrogens is 305 g/mol. The Hall–Kier alpha value is -1.62. The zero-order valence-corrected chi connectivity index (χ0v) is 14.6. The quantitative estimate of drug-likeness (QED) is 0.848. The van der Waals surface area contributed by atoms with Crippen LogP contribution in [0.3, 0.4) is 0 Å². The molecule has 1 aromatic carbocycles. The van der Waals surface area contributed by atoms with Crippen molar-refractivity contribution in [1.82, 2.24) is 9.80 Å². The monoisotopic (exact) mass is 333 g/mol. The lowest BCUT2D eigenvalue weighted by molar-refractivity contribution is -0.133. The Morgan fingerprint density at radius 3 is 2.58 bits per heavy atom. The summed E-state index contributed by atoms with van der Waals surface area (Å²) in [5.41, 5.74) is 0.645. The highest BCUT2D eigenvalue weighted by Crippen LogP contribution is 2.21. The molecule has 1 aromatic rings. The lowest BCUT2D eigenvalue weighted by atomic mass is 10.00. The Kier molecular flexibility index (Phi) is 5.72. The smallest absolute Gasteiger partial charge is 0.236 e. The summed E-state index contributed by atoms with van der Waals surface area (Å²) in [6, 6.07) is 7.43. The van der Waals surface area contributed by atoms with Crippen molar-refractivity contribution < 1.29 is 9.18 Å². The van der Waals surface area contributed by atoms with Crippen LogP contribution in [-0.2, 0) is 4.79 Å². The van der Waals surface area contributed by atoms with Crippen molar-refractivity contribution in [3.63, 3.8) is 0 Å². The van der Waals surface area contributed by atoms with Gasteiger partial charge in [-0.1, -0.05) is 25.5 Å². The summed E-state index contributed by atoms with van der Waals surface area (Å²) in [6.07, 6.45) is 4.81. The maximum Gasteiger partial charge on any atom is 0.236 e. The van der Waals surface area contributed by atoms with Gasteiger partial charge in [0.25, 0.3) is 0 Å². The minimum absolute atomic E-state index is 0.184. The van der Waals surface area contributed by atoms with E-state index in [0.29, 0.717) is 44.5 Å². The first-order valence-corrected chi connectivity index (χ1v) is 9.20. The van der Waals surface area contributed by atoms with Crippen LogP contribution in [0, 0.1) is 5.82 Å². The van der Waals surface area contributed by atoms with Crippen molar-refractivity contribution in [2.75, 3.05) is 44.2 Å². The number of halogens is 1. The molecule has 0 aliphatic carbocycles. The average Bonchev–Trinajstić information content (AvgIpc) is 2.63. The molecule has 0 aromatic heterocycles. The summed E-state index contributed by atoms with van der Waals surface area (Å²) >= 11 is 0. The van der Waals surface area contributed by atoms with Crippen LogP contribution < -0.4 is 4.90 Å². The molecule has 24 heavy (non-hydrogen) atoms. The lowest BCUT2D eigenvalue weighted by Crippen LogP contribution is -2.53. The average molecular weight is 333 g/mol. The van der Waals surface area contributed by atoms with E-state index in [9.17, 15) is 9.18 Å². The molecule has 1 unspecified atom stereocenters. The molecule has 2 saturated heterocycles. The van der Waals surface area contributed by atoms with Crippen molar-refractivity contribution >= 4 is 11.6 Å². The van der Waals surface area contributed by atoms with Gasteiger partial charge in [-0.15, -0.1) is 0 Å². The summed E-state index contributed by atoms with van der Waals surface area (Å²) in [7, 11) is 0. The van der Waals surface area contributed by atoms with Gasteiger partial charge in [0, 0.05) is 32.2 Å². The number of hydrogen-bond acceptors (Lipinski definition) is 3. The van der Waals surface area contributed by atoms with Crippen LogP contribution >= 0.6 is 0 Å². The Bertz CT molecular complexity index is 557. The fourth-order valence-electron chi connectivity index (χ4n) is 3.91. The molecule has 0 radical (unpaired) electrons. The van der Waals surface area contributed by atoms with Crippen molar-refractivity contribution in [1.29, 1.82) is 0 Å². The summed E-state index contributed by atoms with van der Waals surface area (Å²) in [5.74, 6) is 0.0416. The van der Waals surface area contributed by atoms with E-state index in [-0.39, 0.29) is 11.7 Å². The van der Waals surface area contributed by atoms with Crippen LogP contribution in [0.4, 0.5) is 10.1 Å². The molecule has 0 bridgehead atoms. The van der Waals surface area contributed by atoms with Crippen LogP contribution in [0.1, 0.15) is 32.6 Å². The van der Waals surface area contributed by atoms with Crippen molar-refractivity contribution in [2.45, 2.75) is 38.6 Å². The number of benzene rings is 1. The van der Waals surface area contributed by atoms with E-state index in [2.05, 4.69) is 11.8 Å². The molecule has 0 spiro atoms. The van der Waals surface area contributed by atoms with Gasteiger partial charge in [0.05, 0.1) is 12.2 Å². The number of likely N-dealkylation sites (tertiary alicyclic amines) is 1. The fourth-order valence-corrected chi connectivity index (χ4v) is 3.91. The second-order valence-electron chi connectivity index (χ2n) is 6.85. The molecule has 2 aliphatic rings. The number of hydrogen-bond donors (Lipinski definition) is 0. The largest absolute Gasteiger partial charge is 0.366 e. The summed E-state index contributed by atoms with van der Waals surface area (Å²) in [5, 5.41) is 0. The van der Waals surface area contributed by atoms with Crippen LogP contribution in [-0.4, -0.2) is 61.0 Å². The van der Waals surface area contributed by atoms with E-state index in [1.165, 1.54) is 25.3 Å². The van der Waals surface area contributed by atoms with E-state index < -0.39 is 0 Å². The number of para-hydroxylation sites is 1. The van der Waals surface area contributed by atoms with Gasteiger partial charge in [-0.2, -0.15) is 0 Å². The molecule has 0 saturated carbocycles. The molecular formula is C19H28FN3O. The van der Waals surface area contributed by atoms with Gasteiger partial charge in [-0.25, -0.2) is 4.39 Å². The number of piperazine rings is 1. The van der Waals surface area contributed by atoms with E-state index >= 15 is 0 Å². The molecule has 2 aliphatic heterocycles. The first-order chi connectivity index (χ1) is 11.7. The second-order valence-corrected chi connectivity index (χ2v) is 6.85. The zero-order valence-electron chi connectivity index (χ0n) is 14.6. The number of nitrogens with zero attached hydrogens (tertiary/aromatic N) is 3. The van der Waals surface area contributed by atoms with Crippen molar-refractivity contribution in [3.8, 4) is 0 Å². The van der Waals surface area contributed by atoms with Crippen LogP contribution in [0.2, 0.25) is 0 Å². The van der Waals surface area contributed by atoms with Gasteiger partial charge >= 0.3 is 0 Å². The molecule has 1 atom stereocenters. The van der Waals surface area contributed by atoms with E-state index in [4.69, 9.17) is 0 Å². The Balaban J connectivity index is 1.52. The normalized spacial score (nSPS) is 22.7. The lowest BCUT2D eigenvalue weighted by Gasteiger charge is -2.39. The van der Waals surface area contributed by atoms with E-state index in [0.717, 1.165) is 13.0 Å². The SMILES string of the molecule is CCC1CCCCN1CC(=O)N1CCN(c2ccccc2F)CC1. The molecule has 132 valence electrons. The third-order valence-corrected chi connectivity index (χ3v) is 5.38. The summed E-state index contributed by atoms with van der Waals surface area (Å²) in [4.78, 5) is 19.0. The molecule has 3 rings (SSSR count). The Morgan fingerprint density at radius 1 is 1.12 bits per heavy atom. The summed E-state index contributed by atoms with van der Waals surface area (Å²) in [6.45, 7) is 6.54. The number of rotatable bonds is 4. The van der Waals surface area contributed by atoms with Gasteiger partial charge in [0.15, 0.2) is 0 Å². The topological polar surface area (TPSA) is 26.8 Å². The van der Waals surface area contributed by atoms with E-state index in [1.54, 1.807) is 6.07 Å². The van der Waals surface area contributed by atoms with Crippen molar-refractivity contribution in [2.24, 2.45) is 0 Å². The van der Waals surface area contributed by atoms with Gasteiger partial charge in [-0.05, 0) is 37.9 Å². The summed E-state index contributed by atoms with van der Waals surface area (Å²) < 4.78 is 13.9. The van der Waals surface area contributed by atoms with Crippen LogP contribution in [0.25, 0.3) is 0 Å². The Morgan fingerprint density at radius 2 is 1.88 bits per heavy atom. The van der Waals surface area contributed by atoms with Gasteiger partial charge in [0.2, 0.25) is 5.91 Å². The Labute approximate surface area is 144 Å². The number of piperidine rings is 1. The highest BCUT2D eigenvalue weighted by molar-refractivity contribution is 5.78.